The molecule has 0 saturated carbocycles. The Morgan fingerprint density at radius 2 is 1.62 bits per heavy atom. The Bertz CT molecular complexity index is 129. The van der Waals surface area contributed by atoms with Crippen LogP contribution in [0.1, 0.15) is 41.0 Å². The van der Waals surface area contributed by atoms with Gasteiger partial charge in [-0.15, -0.1) is 0 Å². The van der Waals surface area contributed by atoms with Crippen LogP contribution in [0.25, 0.3) is 0 Å². The fourth-order valence-corrected chi connectivity index (χ4v) is 10.9. The van der Waals surface area contributed by atoms with E-state index in [4.69, 9.17) is 4.43 Å². The first-order valence-corrected chi connectivity index (χ1v) is 9.00. The van der Waals surface area contributed by atoms with Crippen molar-refractivity contribution < 1.29 is 4.43 Å². The summed E-state index contributed by atoms with van der Waals surface area (Å²) in [6, 6.07) is 0. The lowest BCUT2D eigenvalue weighted by molar-refractivity contribution is 0.289. The van der Waals surface area contributed by atoms with E-state index in [2.05, 4.69) is 57.2 Å². The third-order valence-corrected chi connectivity index (χ3v) is 11.4. The zero-order valence-electron chi connectivity index (χ0n) is 9.56. The lowest BCUT2D eigenvalue weighted by atomic mass is 10.5. The van der Waals surface area contributed by atoms with Gasteiger partial charge in [-0.2, -0.15) is 0 Å². The summed E-state index contributed by atoms with van der Waals surface area (Å²) in [5, 5.41) is 0. The zero-order chi connectivity index (χ0) is 10.5. The normalized spacial score (nSPS) is 12.9. The highest BCUT2D eigenvalue weighted by Crippen LogP contribution is 2.34. The van der Waals surface area contributed by atoms with E-state index in [1.165, 1.54) is 4.05 Å². The molecule has 0 aliphatic heterocycles. The van der Waals surface area contributed by atoms with Crippen LogP contribution in [0, 0.1) is 0 Å². The SMILES string of the molecule is CCCO[Si](CI)(C(C)C)C(C)C. The minimum Gasteiger partial charge on any atom is -0.416 e. The van der Waals surface area contributed by atoms with Crippen molar-refractivity contribution in [3.05, 3.63) is 0 Å². The number of hydrogen-bond acceptors (Lipinski definition) is 1. The van der Waals surface area contributed by atoms with Crippen molar-refractivity contribution in [1.29, 1.82) is 0 Å². The zero-order valence-corrected chi connectivity index (χ0v) is 12.7. The van der Waals surface area contributed by atoms with Crippen LogP contribution in [0.3, 0.4) is 0 Å². The molecule has 0 N–H and O–H groups in total. The molecule has 1 nitrogen and oxygen atoms in total. The van der Waals surface area contributed by atoms with Crippen LogP contribution < -0.4 is 0 Å². The molecule has 0 saturated heterocycles. The van der Waals surface area contributed by atoms with Gasteiger partial charge in [0.25, 0.3) is 0 Å². The highest BCUT2D eigenvalue weighted by molar-refractivity contribution is 14.1. The number of alkyl halides is 1. The summed E-state index contributed by atoms with van der Waals surface area (Å²) < 4.78 is 7.40. The van der Waals surface area contributed by atoms with E-state index in [1.807, 2.05) is 0 Å². The monoisotopic (exact) mass is 314 g/mol. The van der Waals surface area contributed by atoms with Crippen molar-refractivity contribution in [3.63, 3.8) is 0 Å². The Hall–Kier alpha value is 0.907. The van der Waals surface area contributed by atoms with Gasteiger partial charge in [0.15, 0.2) is 0 Å². The molecule has 0 amide bonds. The molecule has 0 unspecified atom stereocenters. The van der Waals surface area contributed by atoms with E-state index < -0.39 is 8.32 Å². The molecule has 0 aliphatic rings. The average Bonchev–Trinajstić information content (AvgIpc) is 2.05. The molecule has 0 fully saturated rings. The van der Waals surface area contributed by atoms with E-state index in [1.54, 1.807) is 0 Å². The highest BCUT2D eigenvalue weighted by atomic mass is 127. The molecule has 80 valence electrons. The van der Waals surface area contributed by atoms with Gasteiger partial charge in [-0.05, 0) is 17.5 Å². The van der Waals surface area contributed by atoms with Gasteiger partial charge in [0, 0.05) is 10.7 Å². The summed E-state index contributed by atoms with van der Waals surface area (Å²) in [5.74, 6) is 0. The topological polar surface area (TPSA) is 9.23 Å². The van der Waals surface area contributed by atoms with Crippen LogP contribution in [0.15, 0.2) is 0 Å². The Labute approximate surface area is 97.9 Å². The second kappa shape index (κ2) is 6.40. The maximum atomic E-state index is 6.18. The van der Waals surface area contributed by atoms with Gasteiger partial charge in [-0.1, -0.05) is 57.2 Å². The predicted octanol–water partition coefficient (Wildman–Crippen LogP) is 4.15. The second-order valence-electron chi connectivity index (χ2n) is 4.25. The molecule has 0 bridgehead atoms. The van der Waals surface area contributed by atoms with Gasteiger partial charge in [0.05, 0.1) is 0 Å². The van der Waals surface area contributed by atoms with Gasteiger partial charge in [0.2, 0.25) is 8.32 Å². The maximum Gasteiger partial charge on any atom is 0.207 e. The fourth-order valence-electron chi connectivity index (χ4n) is 1.64. The van der Waals surface area contributed by atoms with E-state index >= 15 is 0 Å². The molecule has 0 heterocycles. The molecule has 0 aromatic rings. The third-order valence-electron chi connectivity index (χ3n) is 2.74. The Kier molecular flexibility index (Phi) is 6.85. The minimum absolute atomic E-state index is 0.732. The van der Waals surface area contributed by atoms with Crippen LogP contribution >= 0.6 is 22.6 Å². The fraction of sp³-hybridized carbons (Fsp3) is 1.00. The number of halogens is 1. The summed E-state index contributed by atoms with van der Waals surface area (Å²) in [4.78, 5) is 0. The van der Waals surface area contributed by atoms with Crippen LogP contribution in [0.4, 0.5) is 0 Å². The van der Waals surface area contributed by atoms with E-state index in [-0.39, 0.29) is 0 Å². The van der Waals surface area contributed by atoms with E-state index in [0.717, 1.165) is 24.1 Å². The molecule has 0 aromatic carbocycles. The summed E-state index contributed by atoms with van der Waals surface area (Å²) in [7, 11) is -1.46. The quantitative estimate of drug-likeness (QED) is 0.406. The van der Waals surface area contributed by atoms with Crippen molar-refractivity contribution in [2.45, 2.75) is 52.1 Å². The molecule has 0 aliphatic carbocycles. The molecular formula is C10H23IOSi. The lowest BCUT2D eigenvalue weighted by Crippen LogP contribution is -2.47. The van der Waals surface area contributed by atoms with Crippen LogP contribution in [-0.4, -0.2) is 19.0 Å². The summed E-state index contributed by atoms with van der Waals surface area (Å²) in [5.41, 5.74) is 1.46. The number of hydrogen-bond donors (Lipinski definition) is 0. The van der Waals surface area contributed by atoms with Gasteiger partial charge in [0.1, 0.15) is 0 Å². The summed E-state index contributed by atoms with van der Waals surface area (Å²) in [6.07, 6.45) is 1.14. The van der Waals surface area contributed by atoms with Gasteiger partial charge < -0.3 is 4.43 Å². The maximum absolute atomic E-state index is 6.18. The van der Waals surface area contributed by atoms with Crippen LogP contribution in [-0.2, 0) is 4.43 Å². The molecular weight excluding hydrogens is 291 g/mol. The third kappa shape index (κ3) is 3.51. The van der Waals surface area contributed by atoms with Gasteiger partial charge >= 0.3 is 0 Å². The smallest absolute Gasteiger partial charge is 0.207 e. The highest BCUT2D eigenvalue weighted by Gasteiger charge is 2.40. The molecule has 0 aromatic heterocycles. The minimum atomic E-state index is -1.46. The molecule has 0 radical (unpaired) electrons. The lowest BCUT2D eigenvalue weighted by Gasteiger charge is -2.37. The largest absolute Gasteiger partial charge is 0.416 e. The van der Waals surface area contributed by atoms with Crippen molar-refractivity contribution in [3.8, 4) is 0 Å². The van der Waals surface area contributed by atoms with Gasteiger partial charge in [-0.25, -0.2) is 0 Å². The van der Waals surface area contributed by atoms with E-state index in [0.29, 0.717) is 0 Å². The Balaban J connectivity index is 4.45. The van der Waals surface area contributed by atoms with Crippen LogP contribution in [0.2, 0.25) is 11.1 Å². The Morgan fingerprint density at radius 1 is 1.15 bits per heavy atom. The van der Waals surface area contributed by atoms with Crippen molar-refractivity contribution >= 4 is 30.9 Å². The van der Waals surface area contributed by atoms with Crippen LogP contribution in [0.5, 0.6) is 0 Å². The van der Waals surface area contributed by atoms with E-state index in [9.17, 15) is 0 Å². The predicted molar refractivity (Wildman–Crippen MR) is 71.1 cm³/mol. The first-order valence-electron chi connectivity index (χ1n) is 5.21. The second-order valence-corrected chi connectivity index (χ2v) is 11.3. The van der Waals surface area contributed by atoms with Crippen molar-refractivity contribution in [2.75, 3.05) is 10.7 Å². The molecule has 0 spiro atoms. The number of rotatable bonds is 6. The molecule has 3 heteroatoms. The molecule has 0 rings (SSSR count). The van der Waals surface area contributed by atoms with Gasteiger partial charge in [-0.3, -0.25) is 0 Å². The summed E-state index contributed by atoms with van der Waals surface area (Å²) >= 11 is 2.51. The first-order chi connectivity index (χ1) is 6.01. The molecule has 0 atom stereocenters. The molecule has 13 heavy (non-hydrogen) atoms. The Morgan fingerprint density at radius 3 is 1.85 bits per heavy atom. The average molecular weight is 314 g/mol. The summed E-state index contributed by atoms with van der Waals surface area (Å²) in [6.45, 7) is 12.4. The van der Waals surface area contributed by atoms with Crippen molar-refractivity contribution in [1.82, 2.24) is 0 Å². The van der Waals surface area contributed by atoms with Crippen molar-refractivity contribution in [2.24, 2.45) is 0 Å². The standard InChI is InChI=1S/C10H23IOSi/c1-6-7-12-13(8-11,9(2)3)10(4)5/h9-10H,6-8H2,1-5H3. The first kappa shape index (κ1) is 13.9.